The van der Waals surface area contributed by atoms with Gasteiger partial charge in [-0.05, 0) is 55.2 Å². The van der Waals surface area contributed by atoms with E-state index in [9.17, 15) is 19.5 Å². The molecule has 2 N–H and O–H groups in total. The molecule has 0 radical (unpaired) electrons. The third-order valence-corrected chi connectivity index (χ3v) is 7.04. The number of unbranched alkanes of at least 4 members (excludes halogenated alkanes) is 1. The van der Waals surface area contributed by atoms with Crippen molar-refractivity contribution >= 4 is 35.1 Å². The molecule has 0 spiro atoms. The van der Waals surface area contributed by atoms with Gasteiger partial charge in [0.25, 0.3) is 5.56 Å². The molecule has 2 aromatic carbocycles. The lowest BCUT2D eigenvalue weighted by Crippen LogP contribution is -2.40. The fourth-order valence-electron chi connectivity index (χ4n) is 4.35. The maximum Gasteiger partial charge on any atom is 0.305 e. The van der Waals surface area contributed by atoms with Crippen molar-refractivity contribution in [3.05, 3.63) is 103 Å². The van der Waals surface area contributed by atoms with Crippen molar-refractivity contribution in [1.82, 2.24) is 9.88 Å². The molecule has 0 unspecified atom stereocenters. The Morgan fingerprint density at radius 1 is 1.03 bits per heavy atom. The zero-order valence-corrected chi connectivity index (χ0v) is 22.8. The summed E-state index contributed by atoms with van der Waals surface area (Å²) in [6, 6.07) is 12.8. The molecule has 8 heteroatoms. The average molecular weight is 543 g/mol. The molecule has 1 aromatic heterocycles. The number of nitrogens with one attached hydrogen (secondary N) is 1. The van der Waals surface area contributed by atoms with Crippen LogP contribution in [0.2, 0.25) is 10.0 Å². The first-order valence-corrected chi connectivity index (χ1v) is 13.1. The van der Waals surface area contributed by atoms with Gasteiger partial charge in [0.15, 0.2) is 0 Å². The number of aryl methyl sites for hydroxylation is 2. The zero-order chi connectivity index (χ0) is 27.1. The molecule has 3 aromatic rings. The van der Waals surface area contributed by atoms with Gasteiger partial charge in [0.1, 0.15) is 6.04 Å². The van der Waals surface area contributed by atoms with Gasteiger partial charge in [0.05, 0.1) is 12.5 Å². The van der Waals surface area contributed by atoms with E-state index in [0.29, 0.717) is 33.2 Å². The van der Waals surface area contributed by atoms with Gasteiger partial charge in [-0.15, -0.1) is 0 Å². The van der Waals surface area contributed by atoms with E-state index in [1.165, 1.54) is 4.57 Å². The number of pyridine rings is 1. The van der Waals surface area contributed by atoms with E-state index in [1.807, 2.05) is 45.0 Å². The van der Waals surface area contributed by atoms with E-state index in [1.54, 1.807) is 30.5 Å². The highest BCUT2D eigenvalue weighted by Gasteiger charge is 2.27. The Morgan fingerprint density at radius 2 is 1.68 bits per heavy atom. The molecule has 0 aliphatic rings. The number of aromatic nitrogens is 1. The number of carbonyl (C=O) groups is 2. The summed E-state index contributed by atoms with van der Waals surface area (Å²) in [5, 5.41) is 13.3. The van der Waals surface area contributed by atoms with Crippen molar-refractivity contribution in [3.63, 3.8) is 0 Å². The molecule has 0 saturated carbocycles. The summed E-state index contributed by atoms with van der Waals surface area (Å²) in [5.41, 5.74) is 3.36. The fourth-order valence-corrected chi connectivity index (χ4v) is 4.89. The fraction of sp³-hybridized carbons (Fsp3) is 0.345. The number of amides is 1. The number of benzene rings is 2. The largest absolute Gasteiger partial charge is 0.481 e. The second kappa shape index (κ2) is 12.9. The smallest absolute Gasteiger partial charge is 0.305 e. The highest BCUT2D eigenvalue weighted by atomic mass is 35.5. The molecule has 0 bridgehead atoms. The van der Waals surface area contributed by atoms with E-state index in [4.69, 9.17) is 23.2 Å². The van der Waals surface area contributed by atoms with Gasteiger partial charge in [0.2, 0.25) is 5.91 Å². The van der Waals surface area contributed by atoms with Crippen LogP contribution in [0.15, 0.2) is 59.5 Å². The summed E-state index contributed by atoms with van der Waals surface area (Å²) in [4.78, 5) is 38.8. The van der Waals surface area contributed by atoms with Crippen LogP contribution >= 0.6 is 23.2 Å². The topological polar surface area (TPSA) is 88.4 Å². The van der Waals surface area contributed by atoms with Crippen LogP contribution in [0.5, 0.6) is 0 Å². The number of carboxylic acid groups (broad SMARTS) is 1. The van der Waals surface area contributed by atoms with Crippen LogP contribution in [-0.2, 0) is 16.0 Å². The van der Waals surface area contributed by atoms with Gasteiger partial charge in [-0.3, -0.25) is 14.4 Å². The lowest BCUT2D eigenvalue weighted by Gasteiger charge is -2.25. The molecule has 0 fully saturated rings. The second-order valence-corrected chi connectivity index (χ2v) is 10.2. The minimum Gasteiger partial charge on any atom is -0.481 e. The highest BCUT2D eigenvalue weighted by Crippen LogP contribution is 2.27. The van der Waals surface area contributed by atoms with Crippen LogP contribution in [0.1, 0.15) is 72.5 Å². The quantitative estimate of drug-likeness (QED) is 0.292. The zero-order valence-electron chi connectivity index (χ0n) is 21.3. The molecule has 0 aliphatic heterocycles. The number of halogens is 2. The van der Waals surface area contributed by atoms with Crippen molar-refractivity contribution < 1.29 is 14.7 Å². The molecule has 2 atom stereocenters. The normalized spacial score (nSPS) is 12.7. The van der Waals surface area contributed by atoms with Gasteiger partial charge in [0, 0.05) is 28.2 Å². The predicted molar refractivity (Wildman–Crippen MR) is 148 cm³/mol. The minimum atomic E-state index is -1.03. The van der Waals surface area contributed by atoms with E-state index in [2.05, 4.69) is 5.32 Å². The SMILES string of the molecule is CCCC[C@H](C(=O)N[C@@H](CC(=O)O)c1ccc(C)cc1)n1cc(C)cc(Cc2c(Cl)cccc2Cl)c1=O. The number of aliphatic carboxylic acids is 1. The Morgan fingerprint density at radius 3 is 2.27 bits per heavy atom. The standard InChI is InChI=1S/C29H32Cl2N2O4/c1-4-5-9-26(28(36)32-25(16-27(34)35)20-12-10-18(2)11-13-20)33-17-19(3)14-21(29(33)37)15-22-23(30)7-6-8-24(22)31/h6-8,10-14,17,25-26H,4-5,9,15-16H2,1-3H3,(H,32,36)(H,34,35)/t25-,26+/m0/s1. The maximum absolute atomic E-state index is 13.6. The number of nitrogens with zero attached hydrogens (tertiary/aromatic N) is 1. The molecule has 1 amide bonds. The Bertz CT molecular complexity index is 1300. The van der Waals surface area contributed by atoms with E-state index in [0.717, 1.165) is 24.0 Å². The minimum absolute atomic E-state index is 0.228. The van der Waals surface area contributed by atoms with Crippen LogP contribution < -0.4 is 10.9 Å². The summed E-state index contributed by atoms with van der Waals surface area (Å²) >= 11 is 12.7. The summed E-state index contributed by atoms with van der Waals surface area (Å²) in [7, 11) is 0. The van der Waals surface area contributed by atoms with Crippen molar-refractivity contribution in [2.75, 3.05) is 0 Å². The second-order valence-electron chi connectivity index (χ2n) is 9.36. The van der Waals surface area contributed by atoms with Crippen molar-refractivity contribution in [2.45, 2.75) is 65.0 Å². The molecule has 6 nitrogen and oxygen atoms in total. The number of carboxylic acids is 1. The van der Waals surface area contributed by atoms with Crippen LogP contribution in [0.4, 0.5) is 0 Å². The Balaban J connectivity index is 1.99. The molecule has 0 aliphatic carbocycles. The third-order valence-electron chi connectivity index (χ3n) is 6.33. The van der Waals surface area contributed by atoms with E-state index >= 15 is 0 Å². The first kappa shape index (κ1) is 28.5. The van der Waals surface area contributed by atoms with Gasteiger partial charge in [-0.25, -0.2) is 0 Å². The summed E-state index contributed by atoms with van der Waals surface area (Å²) in [5.74, 6) is -1.42. The number of hydrogen-bond acceptors (Lipinski definition) is 3. The third kappa shape index (κ3) is 7.46. The van der Waals surface area contributed by atoms with Crippen molar-refractivity contribution in [1.29, 1.82) is 0 Å². The maximum atomic E-state index is 13.6. The van der Waals surface area contributed by atoms with Gasteiger partial charge in [-0.2, -0.15) is 0 Å². The summed E-state index contributed by atoms with van der Waals surface area (Å²) in [6.45, 7) is 5.81. The van der Waals surface area contributed by atoms with Crippen LogP contribution in [0.3, 0.4) is 0 Å². The Kier molecular flexibility index (Phi) is 9.95. The van der Waals surface area contributed by atoms with Gasteiger partial charge >= 0.3 is 5.97 Å². The van der Waals surface area contributed by atoms with Gasteiger partial charge in [-0.1, -0.05) is 78.9 Å². The number of rotatable bonds is 11. The Hall–Kier alpha value is -3.09. The molecule has 196 valence electrons. The van der Waals surface area contributed by atoms with Gasteiger partial charge < -0.3 is 15.0 Å². The first-order valence-electron chi connectivity index (χ1n) is 12.3. The Labute approximate surface area is 227 Å². The molecular formula is C29H32Cl2N2O4. The molecule has 3 rings (SSSR count). The van der Waals surface area contributed by atoms with Crippen LogP contribution in [-0.4, -0.2) is 21.6 Å². The predicted octanol–water partition coefficient (Wildman–Crippen LogP) is 6.43. The monoisotopic (exact) mass is 542 g/mol. The van der Waals surface area contributed by atoms with Crippen molar-refractivity contribution in [2.24, 2.45) is 0 Å². The van der Waals surface area contributed by atoms with E-state index in [-0.39, 0.29) is 18.4 Å². The molecule has 1 heterocycles. The lowest BCUT2D eigenvalue weighted by molar-refractivity contribution is -0.137. The number of hydrogen-bond donors (Lipinski definition) is 2. The van der Waals surface area contributed by atoms with E-state index < -0.39 is 24.0 Å². The lowest BCUT2D eigenvalue weighted by atomic mass is 10.0. The highest BCUT2D eigenvalue weighted by molar-refractivity contribution is 6.36. The number of carbonyl (C=O) groups excluding carboxylic acids is 1. The summed E-state index contributed by atoms with van der Waals surface area (Å²) in [6.07, 6.45) is 3.63. The molecule has 37 heavy (non-hydrogen) atoms. The molecule has 0 saturated heterocycles. The molecular weight excluding hydrogens is 511 g/mol. The average Bonchev–Trinajstić information content (AvgIpc) is 2.84. The first-order chi connectivity index (χ1) is 17.6. The summed E-state index contributed by atoms with van der Waals surface area (Å²) < 4.78 is 1.47. The van der Waals surface area contributed by atoms with Crippen LogP contribution in [0, 0.1) is 13.8 Å². The van der Waals surface area contributed by atoms with Crippen LogP contribution in [0.25, 0.3) is 0 Å². The van der Waals surface area contributed by atoms with Crippen molar-refractivity contribution in [3.8, 4) is 0 Å².